The number of allylic oxidation sites excluding steroid dienone is 3. The fraction of sp³-hybridized carbons (Fsp3) is 0.333. The minimum atomic E-state index is -4.43. The maximum absolute atomic E-state index is 13.5. The Morgan fingerprint density at radius 2 is 1.95 bits per heavy atom. The molecule has 38 heavy (non-hydrogen) atoms. The number of imidazole rings is 1. The molecule has 1 saturated heterocycles. The zero-order valence-corrected chi connectivity index (χ0v) is 21.8. The van der Waals surface area contributed by atoms with Gasteiger partial charge in [0.2, 0.25) is 0 Å². The maximum Gasteiger partial charge on any atom is 0.416 e. The minimum absolute atomic E-state index is 0.217. The van der Waals surface area contributed by atoms with Gasteiger partial charge in [-0.05, 0) is 69.1 Å². The number of hydrogen-bond acceptors (Lipinski definition) is 4. The smallest absolute Gasteiger partial charge is 0.366 e. The first-order chi connectivity index (χ1) is 18.3. The summed E-state index contributed by atoms with van der Waals surface area (Å²) in [7, 11) is 0. The number of pyridine rings is 1. The molecule has 3 heterocycles. The second-order valence-electron chi connectivity index (χ2n) is 9.55. The molecular weight excluding hydrogens is 487 g/mol. The van der Waals surface area contributed by atoms with Crippen LogP contribution in [0.1, 0.15) is 50.4 Å². The Morgan fingerprint density at radius 1 is 1.16 bits per heavy atom. The van der Waals surface area contributed by atoms with Crippen LogP contribution in [0.3, 0.4) is 0 Å². The van der Waals surface area contributed by atoms with Crippen LogP contribution in [-0.4, -0.2) is 34.6 Å². The Morgan fingerprint density at radius 3 is 2.66 bits per heavy atom. The van der Waals surface area contributed by atoms with Crippen LogP contribution in [0.2, 0.25) is 0 Å². The fourth-order valence-electron chi connectivity index (χ4n) is 4.54. The van der Waals surface area contributed by atoms with Gasteiger partial charge in [0.25, 0.3) is 0 Å². The molecule has 3 aromatic rings. The number of H-pyrrole nitrogens is 1. The summed E-state index contributed by atoms with van der Waals surface area (Å²) in [6.45, 7) is 10.3. The molecule has 2 aromatic heterocycles. The average molecular weight is 522 g/mol. The summed E-state index contributed by atoms with van der Waals surface area (Å²) in [5.74, 6) is 1.68. The zero-order chi connectivity index (χ0) is 27.1. The summed E-state index contributed by atoms with van der Waals surface area (Å²) in [5, 5.41) is 6.71. The SMILES string of the molecule is C=C/C=C(\C=C(/C)CC)CNc1cc(-c2[nH]c(C3CCNCC3)nc2-c2cccc(C(F)(F)F)c2)ccn1. The predicted molar refractivity (Wildman–Crippen MR) is 148 cm³/mol. The van der Waals surface area contributed by atoms with Gasteiger partial charge in [-0.15, -0.1) is 0 Å². The molecule has 0 amide bonds. The summed E-state index contributed by atoms with van der Waals surface area (Å²) >= 11 is 0. The number of rotatable bonds is 9. The lowest BCUT2D eigenvalue weighted by molar-refractivity contribution is -0.137. The van der Waals surface area contributed by atoms with E-state index in [1.807, 2.05) is 18.2 Å². The van der Waals surface area contributed by atoms with Crippen LogP contribution < -0.4 is 10.6 Å². The lowest BCUT2D eigenvalue weighted by Gasteiger charge is -2.20. The van der Waals surface area contributed by atoms with E-state index in [9.17, 15) is 13.2 Å². The van der Waals surface area contributed by atoms with Crippen molar-refractivity contribution in [3.63, 3.8) is 0 Å². The molecule has 3 N–H and O–H groups in total. The molecule has 1 aromatic carbocycles. The van der Waals surface area contributed by atoms with Crippen molar-refractivity contribution >= 4 is 5.82 Å². The van der Waals surface area contributed by atoms with E-state index in [0.29, 0.717) is 29.3 Å². The normalized spacial score (nSPS) is 15.5. The minimum Gasteiger partial charge on any atom is -0.366 e. The Balaban J connectivity index is 1.70. The lowest BCUT2D eigenvalue weighted by Crippen LogP contribution is -2.27. The average Bonchev–Trinajstić information content (AvgIpc) is 3.38. The summed E-state index contributed by atoms with van der Waals surface area (Å²) < 4.78 is 40.5. The first-order valence-corrected chi connectivity index (χ1v) is 13.0. The van der Waals surface area contributed by atoms with Gasteiger partial charge in [0.1, 0.15) is 11.6 Å². The number of piperidine rings is 1. The lowest BCUT2D eigenvalue weighted by atomic mass is 9.97. The van der Waals surface area contributed by atoms with Crippen molar-refractivity contribution in [3.8, 4) is 22.5 Å². The van der Waals surface area contributed by atoms with Gasteiger partial charge in [0.05, 0.1) is 17.0 Å². The van der Waals surface area contributed by atoms with Gasteiger partial charge in [-0.3, -0.25) is 0 Å². The van der Waals surface area contributed by atoms with E-state index in [0.717, 1.165) is 55.4 Å². The predicted octanol–water partition coefficient (Wildman–Crippen LogP) is 7.51. The molecule has 0 saturated carbocycles. The molecule has 0 radical (unpaired) electrons. The summed E-state index contributed by atoms with van der Waals surface area (Å²) in [6.07, 6.45) is 5.91. The topological polar surface area (TPSA) is 65.6 Å². The van der Waals surface area contributed by atoms with Crippen molar-refractivity contribution in [2.24, 2.45) is 0 Å². The number of aromatic nitrogens is 3. The molecule has 1 fully saturated rings. The molecule has 0 unspecified atom stereocenters. The summed E-state index contributed by atoms with van der Waals surface area (Å²) in [4.78, 5) is 12.8. The summed E-state index contributed by atoms with van der Waals surface area (Å²) in [5.41, 5.74) is 4.07. The van der Waals surface area contributed by atoms with Gasteiger partial charge in [-0.1, -0.05) is 49.4 Å². The summed E-state index contributed by atoms with van der Waals surface area (Å²) in [6, 6.07) is 9.11. The number of benzene rings is 1. The first kappa shape index (κ1) is 27.4. The van der Waals surface area contributed by atoms with Gasteiger partial charge in [-0.25, -0.2) is 9.97 Å². The molecule has 1 aliphatic heterocycles. The van der Waals surface area contributed by atoms with Crippen molar-refractivity contribution in [1.29, 1.82) is 0 Å². The van der Waals surface area contributed by atoms with E-state index in [4.69, 9.17) is 4.98 Å². The molecule has 0 bridgehead atoms. The molecule has 0 atom stereocenters. The van der Waals surface area contributed by atoms with Crippen molar-refractivity contribution in [2.75, 3.05) is 25.0 Å². The Hall–Kier alpha value is -3.65. The molecule has 5 nitrogen and oxygen atoms in total. The highest BCUT2D eigenvalue weighted by atomic mass is 19.4. The van der Waals surface area contributed by atoms with Crippen LogP contribution in [0.5, 0.6) is 0 Å². The largest absolute Gasteiger partial charge is 0.416 e. The third-order valence-corrected chi connectivity index (χ3v) is 6.75. The quantitative estimate of drug-likeness (QED) is 0.255. The zero-order valence-electron chi connectivity index (χ0n) is 21.8. The first-order valence-electron chi connectivity index (χ1n) is 13.0. The fourth-order valence-corrected chi connectivity index (χ4v) is 4.54. The van der Waals surface area contributed by atoms with Crippen LogP contribution >= 0.6 is 0 Å². The van der Waals surface area contributed by atoms with Crippen molar-refractivity contribution in [2.45, 2.75) is 45.2 Å². The van der Waals surface area contributed by atoms with Crippen LogP contribution in [0.25, 0.3) is 22.5 Å². The van der Waals surface area contributed by atoms with Gasteiger partial charge in [0.15, 0.2) is 0 Å². The molecule has 8 heteroatoms. The van der Waals surface area contributed by atoms with E-state index in [2.05, 4.69) is 47.1 Å². The van der Waals surface area contributed by atoms with E-state index < -0.39 is 11.7 Å². The van der Waals surface area contributed by atoms with E-state index >= 15 is 0 Å². The second-order valence-corrected chi connectivity index (χ2v) is 9.55. The van der Waals surface area contributed by atoms with E-state index in [1.165, 1.54) is 17.7 Å². The standard InChI is InChI=1S/C30H34F3N5/c1-4-7-21(16-20(3)5-2)19-36-26-18-24(12-15-35-26)28-27(23-8-6-9-25(17-23)30(31,32)33)37-29(38-28)22-10-13-34-14-11-22/h4,6-9,12,15-18,22,34H,1,5,10-11,13-14,19H2,2-3H3,(H,35,36)(H,37,38)/b20-16+,21-7+. The Labute approximate surface area is 222 Å². The van der Waals surface area contributed by atoms with Crippen LogP contribution in [0.4, 0.5) is 19.0 Å². The highest BCUT2D eigenvalue weighted by Crippen LogP contribution is 2.37. The van der Waals surface area contributed by atoms with E-state index in [-0.39, 0.29) is 5.92 Å². The highest BCUT2D eigenvalue weighted by Gasteiger charge is 2.31. The molecule has 200 valence electrons. The number of aromatic amines is 1. The Bertz CT molecular complexity index is 1310. The number of halogens is 3. The van der Waals surface area contributed by atoms with Gasteiger partial charge in [0, 0.05) is 29.8 Å². The van der Waals surface area contributed by atoms with Crippen molar-refractivity contribution in [1.82, 2.24) is 20.3 Å². The highest BCUT2D eigenvalue weighted by molar-refractivity contribution is 5.79. The molecule has 0 aliphatic carbocycles. The van der Waals surface area contributed by atoms with Gasteiger partial charge in [-0.2, -0.15) is 13.2 Å². The number of hydrogen-bond donors (Lipinski definition) is 3. The van der Waals surface area contributed by atoms with Crippen LogP contribution in [0, 0.1) is 0 Å². The van der Waals surface area contributed by atoms with Gasteiger partial charge >= 0.3 is 6.18 Å². The van der Waals surface area contributed by atoms with E-state index in [1.54, 1.807) is 18.3 Å². The molecular formula is C30H34F3N5. The number of alkyl halides is 3. The third-order valence-electron chi connectivity index (χ3n) is 6.75. The van der Waals surface area contributed by atoms with Crippen LogP contribution in [0.15, 0.2) is 78.5 Å². The molecule has 1 aliphatic rings. The Kier molecular flexibility index (Phi) is 8.84. The maximum atomic E-state index is 13.5. The van der Waals surface area contributed by atoms with Crippen LogP contribution in [-0.2, 0) is 6.18 Å². The number of nitrogens with one attached hydrogen (secondary N) is 3. The number of nitrogens with zero attached hydrogens (tertiary/aromatic N) is 2. The monoisotopic (exact) mass is 521 g/mol. The van der Waals surface area contributed by atoms with Crippen molar-refractivity contribution in [3.05, 3.63) is 89.9 Å². The van der Waals surface area contributed by atoms with Gasteiger partial charge < -0.3 is 15.6 Å². The number of anilines is 1. The third kappa shape index (κ3) is 6.81. The molecule has 0 spiro atoms. The second kappa shape index (κ2) is 12.3. The van der Waals surface area contributed by atoms with Crippen molar-refractivity contribution < 1.29 is 13.2 Å². The molecule has 4 rings (SSSR count).